The van der Waals surface area contributed by atoms with Crippen molar-refractivity contribution in [1.82, 2.24) is 10.3 Å². The number of amides is 1. The predicted molar refractivity (Wildman–Crippen MR) is 58.0 cm³/mol. The average molecular weight is 262 g/mol. The third-order valence-corrected chi connectivity index (χ3v) is 2.11. The summed E-state index contributed by atoms with van der Waals surface area (Å²) >= 11 is 0. The quantitative estimate of drug-likeness (QED) is 0.901. The van der Waals surface area contributed by atoms with Gasteiger partial charge >= 0.3 is 6.18 Å². The molecule has 0 aliphatic carbocycles. The molecule has 1 N–H and O–H groups in total. The Hall–Kier alpha value is -1.63. The van der Waals surface area contributed by atoms with Gasteiger partial charge in [-0.1, -0.05) is 0 Å². The van der Waals surface area contributed by atoms with Gasteiger partial charge in [0.05, 0.1) is 12.2 Å². The number of hydrogen-bond acceptors (Lipinski definition) is 3. The molecule has 0 radical (unpaired) electrons. The molecule has 0 aromatic carbocycles. The molecule has 1 aromatic heterocycles. The minimum atomic E-state index is -4.50. The van der Waals surface area contributed by atoms with E-state index in [1.807, 2.05) is 0 Å². The van der Waals surface area contributed by atoms with Crippen molar-refractivity contribution in [3.8, 4) is 0 Å². The highest BCUT2D eigenvalue weighted by molar-refractivity contribution is 5.94. The van der Waals surface area contributed by atoms with Crippen LogP contribution in [0.15, 0.2) is 18.3 Å². The molecular formula is C11H13F3N2O2. The molecule has 1 amide bonds. The maximum atomic E-state index is 12.3. The Kier molecular flexibility index (Phi) is 4.66. The Morgan fingerprint density at radius 2 is 2.17 bits per heavy atom. The van der Waals surface area contributed by atoms with Crippen molar-refractivity contribution in [2.24, 2.45) is 0 Å². The van der Waals surface area contributed by atoms with Crippen LogP contribution in [0.3, 0.4) is 0 Å². The number of nitrogens with zero attached hydrogens (tertiary/aromatic N) is 1. The number of ether oxygens (including phenoxy) is 1. The standard InChI is InChI=1S/C11H13F3N2O2/c1-7(6-18-2)16-10(17)8-3-4-9(15-5-8)11(12,13)14/h3-5,7H,6H2,1-2H3,(H,16,17). The van der Waals surface area contributed by atoms with Crippen LogP contribution >= 0.6 is 0 Å². The monoisotopic (exact) mass is 262 g/mol. The van der Waals surface area contributed by atoms with Gasteiger partial charge in [-0.05, 0) is 19.1 Å². The van der Waals surface area contributed by atoms with Crippen LogP contribution in [0.4, 0.5) is 13.2 Å². The molecule has 0 aliphatic heterocycles. The van der Waals surface area contributed by atoms with E-state index >= 15 is 0 Å². The van der Waals surface area contributed by atoms with Crippen molar-refractivity contribution in [2.45, 2.75) is 19.1 Å². The largest absolute Gasteiger partial charge is 0.433 e. The van der Waals surface area contributed by atoms with Gasteiger partial charge in [-0.2, -0.15) is 13.2 Å². The molecule has 0 saturated carbocycles. The maximum Gasteiger partial charge on any atom is 0.433 e. The highest BCUT2D eigenvalue weighted by Gasteiger charge is 2.32. The van der Waals surface area contributed by atoms with Crippen LogP contribution in [0.1, 0.15) is 23.0 Å². The molecule has 1 aromatic rings. The van der Waals surface area contributed by atoms with Crippen LogP contribution < -0.4 is 5.32 Å². The first-order chi connectivity index (χ1) is 8.34. The van der Waals surface area contributed by atoms with Crippen LogP contribution in [-0.2, 0) is 10.9 Å². The zero-order chi connectivity index (χ0) is 13.8. The van der Waals surface area contributed by atoms with E-state index in [1.165, 1.54) is 7.11 Å². The van der Waals surface area contributed by atoms with Gasteiger partial charge in [-0.3, -0.25) is 9.78 Å². The second kappa shape index (κ2) is 5.81. The molecule has 1 rings (SSSR count). The number of carbonyl (C=O) groups excluding carboxylic acids is 1. The smallest absolute Gasteiger partial charge is 0.383 e. The van der Waals surface area contributed by atoms with Crippen LogP contribution in [0.25, 0.3) is 0 Å². The number of alkyl halides is 3. The Labute approximate surface area is 102 Å². The van der Waals surface area contributed by atoms with Crippen molar-refractivity contribution >= 4 is 5.91 Å². The molecule has 0 fully saturated rings. The van der Waals surface area contributed by atoms with E-state index in [1.54, 1.807) is 6.92 Å². The van der Waals surface area contributed by atoms with Crippen molar-refractivity contribution in [3.63, 3.8) is 0 Å². The summed E-state index contributed by atoms with van der Waals surface area (Å²) in [7, 11) is 1.49. The molecule has 0 aliphatic rings. The van der Waals surface area contributed by atoms with Gasteiger partial charge < -0.3 is 10.1 Å². The van der Waals surface area contributed by atoms with Gasteiger partial charge in [0.2, 0.25) is 0 Å². The number of nitrogens with one attached hydrogen (secondary N) is 1. The van der Waals surface area contributed by atoms with E-state index < -0.39 is 17.8 Å². The lowest BCUT2D eigenvalue weighted by Gasteiger charge is -2.12. The average Bonchev–Trinajstić information content (AvgIpc) is 2.28. The number of aromatic nitrogens is 1. The van der Waals surface area contributed by atoms with Gasteiger partial charge in [0, 0.05) is 19.3 Å². The molecule has 1 heterocycles. The zero-order valence-corrected chi connectivity index (χ0v) is 9.91. The number of methoxy groups -OCH3 is 1. The second-order valence-electron chi connectivity index (χ2n) is 3.76. The Morgan fingerprint density at radius 1 is 1.50 bits per heavy atom. The maximum absolute atomic E-state index is 12.3. The summed E-state index contributed by atoms with van der Waals surface area (Å²) in [6.07, 6.45) is -3.60. The summed E-state index contributed by atoms with van der Waals surface area (Å²) < 4.78 is 41.6. The fraction of sp³-hybridized carbons (Fsp3) is 0.455. The molecule has 18 heavy (non-hydrogen) atoms. The van der Waals surface area contributed by atoms with Gasteiger partial charge in [0.15, 0.2) is 0 Å². The summed E-state index contributed by atoms with van der Waals surface area (Å²) in [5.41, 5.74) is -0.949. The Bertz CT molecular complexity index is 404. The molecule has 4 nitrogen and oxygen atoms in total. The summed E-state index contributed by atoms with van der Waals surface area (Å²) in [5.74, 6) is -0.485. The van der Waals surface area contributed by atoms with Crippen LogP contribution in [0, 0.1) is 0 Å². The lowest BCUT2D eigenvalue weighted by Crippen LogP contribution is -2.35. The van der Waals surface area contributed by atoms with E-state index in [9.17, 15) is 18.0 Å². The number of halogens is 3. The molecule has 100 valence electrons. The van der Waals surface area contributed by atoms with Gasteiger partial charge in [-0.25, -0.2) is 0 Å². The van der Waals surface area contributed by atoms with E-state index in [2.05, 4.69) is 10.3 Å². The van der Waals surface area contributed by atoms with Crippen molar-refractivity contribution in [1.29, 1.82) is 0 Å². The first-order valence-electron chi connectivity index (χ1n) is 5.17. The van der Waals surface area contributed by atoms with Crippen LogP contribution in [-0.4, -0.2) is 30.6 Å². The molecule has 0 saturated heterocycles. The van der Waals surface area contributed by atoms with Gasteiger partial charge in [0.25, 0.3) is 5.91 Å². The summed E-state index contributed by atoms with van der Waals surface area (Å²) in [6, 6.07) is 1.63. The normalized spacial score (nSPS) is 13.2. The fourth-order valence-corrected chi connectivity index (χ4v) is 1.29. The second-order valence-corrected chi connectivity index (χ2v) is 3.76. The van der Waals surface area contributed by atoms with Gasteiger partial charge in [0.1, 0.15) is 5.69 Å². The summed E-state index contributed by atoms with van der Waals surface area (Å²) in [5, 5.41) is 2.57. The van der Waals surface area contributed by atoms with E-state index in [4.69, 9.17) is 4.74 Å². The van der Waals surface area contributed by atoms with Crippen molar-refractivity contribution in [3.05, 3.63) is 29.6 Å². The van der Waals surface area contributed by atoms with Crippen molar-refractivity contribution in [2.75, 3.05) is 13.7 Å². The van der Waals surface area contributed by atoms with Crippen molar-refractivity contribution < 1.29 is 22.7 Å². The molecule has 0 spiro atoms. The van der Waals surface area contributed by atoms with E-state index in [-0.39, 0.29) is 11.6 Å². The summed E-state index contributed by atoms with van der Waals surface area (Å²) in [6.45, 7) is 2.04. The van der Waals surface area contributed by atoms with E-state index in [0.717, 1.165) is 18.3 Å². The molecule has 7 heteroatoms. The topological polar surface area (TPSA) is 51.2 Å². The lowest BCUT2D eigenvalue weighted by molar-refractivity contribution is -0.141. The van der Waals surface area contributed by atoms with Crippen LogP contribution in [0.2, 0.25) is 0 Å². The van der Waals surface area contributed by atoms with Gasteiger partial charge in [-0.15, -0.1) is 0 Å². The zero-order valence-electron chi connectivity index (χ0n) is 9.91. The molecule has 1 atom stereocenters. The first kappa shape index (κ1) is 14.4. The van der Waals surface area contributed by atoms with E-state index in [0.29, 0.717) is 6.61 Å². The number of rotatable bonds is 4. The highest BCUT2D eigenvalue weighted by atomic mass is 19.4. The Balaban J connectivity index is 2.71. The number of hydrogen-bond donors (Lipinski definition) is 1. The predicted octanol–water partition coefficient (Wildman–Crippen LogP) is 1.87. The number of pyridine rings is 1. The third kappa shape index (κ3) is 3.99. The minimum absolute atomic E-state index is 0.0750. The fourth-order valence-electron chi connectivity index (χ4n) is 1.29. The highest BCUT2D eigenvalue weighted by Crippen LogP contribution is 2.27. The molecular weight excluding hydrogens is 249 g/mol. The lowest BCUT2D eigenvalue weighted by atomic mass is 10.2. The molecule has 0 bridgehead atoms. The van der Waals surface area contributed by atoms with Crippen LogP contribution in [0.5, 0.6) is 0 Å². The summed E-state index contributed by atoms with van der Waals surface area (Å²) in [4.78, 5) is 14.8. The molecule has 1 unspecified atom stereocenters. The first-order valence-corrected chi connectivity index (χ1v) is 5.17. The third-order valence-electron chi connectivity index (χ3n) is 2.11. The SMILES string of the molecule is COCC(C)NC(=O)c1ccc(C(F)(F)F)nc1. The number of carbonyl (C=O) groups is 1. The Morgan fingerprint density at radius 3 is 2.61 bits per heavy atom. The minimum Gasteiger partial charge on any atom is -0.383 e.